The van der Waals surface area contributed by atoms with Crippen molar-refractivity contribution in [3.63, 3.8) is 0 Å². The van der Waals surface area contributed by atoms with E-state index in [4.69, 9.17) is 0 Å². The minimum atomic E-state index is -6.16. The van der Waals surface area contributed by atoms with Crippen molar-refractivity contribution in [1.82, 2.24) is 39.9 Å². The van der Waals surface area contributed by atoms with Gasteiger partial charge < -0.3 is 40.7 Å². The minimum absolute atomic E-state index is 0.0284. The number of aromatic nitrogens is 1. The molecule has 104 heavy (non-hydrogen) atoms. The Bertz CT molecular complexity index is 4100. The lowest BCUT2D eigenvalue weighted by atomic mass is 9.32. The van der Waals surface area contributed by atoms with Gasteiger partial charge in [0.2, 0.25) is 24.1 Å². The standard InChI is InChI=1S/C76H99F5N10O9S4/c1-51-66(102-50-83-51)53-19-17-52(18-20-53)43-82-69(95)63-40-58(92)45-91(63)70(96)67(72(2,3)4)85-65(93)16-12-7-8-13-30-87-32-34-88(35-33-87)31-28-56(46-101-59-14-10-9-11-15-59)84-62-26-25-60(41-64(62)103(97,98)76(79,80)81)104(99,100)86-68(94)54-21-23-57(24-22-54)90-38-36-89(37-39-90)44-55-27-29-73(5,6)42-61(55)74-47-75(48-74,49-74)71(77)78/h9-11,14-15,17-26,41,50,56,58,63,67,71,84,92H,7-8,12-13,16,27-40,42-49H2,1-6H3,(H,82,95)(H,85,93)(H,86,94)/t56-,58-,63+,67-,74?,75?/m1/s1. The van der Waals surface area contributed by atoms with E-state index in [-0.39, 0.29) is 54.1 Å². The molecule has 4 amide bonds. The second-order valence-electron chi connectivity index (χ2n) is 31.3. The molecule has 0 unspecified atom stereocenters. The number of sulfonamides is 1. The zero-order chi connectivity index (χ0) is 74.6. The van der Waals surface area contributed by atoms with Gasteiger partial charge in [0.1, 0.15) is 17.0 Å². The smallest absolute Gasteiger partial charge is 0.391 e. The van der Waals surface area contributed by atoms with Crippen molar-refractivity contribution >= 4 is 78.0 Å². The lowest BCUT2D eigenvalue weighted by Gasteiger charge is -2.72. The molecule has 0 spiro atoms. The van der Waals surface area contributed by atoms with Crippen LogP contribution < -0.4 is 25.6 Å². The molecule has 3 saturated heterocycles. The van der Waals surface area contributed by atoms with Crippen molar-refractivity contribution in [2.75, 3.05) is 94.5 Å². The van der Waals surface area contributed by atoms with Crippen LogP contribution in [0.25, 0.3) is 10.4 Å². The van der Waals surface area contributed by atoms with E-state index in [1.54, 1.807) is 29.0 Å². The van der Waals surface area contributed by atoms with Crippen LogP contribution in [0, 0.1) is 28.6 Å². The Morgan fingerprint density at radius 1 is 0.798 bits per heavy atom. The fourth-order valence-corrected chi connectivity index (χ4v) is 19.6. The van der Waals surface area contributed by atoms with E-state index in [9.17, 15) is 63.1 Å². The number of aryl methyl sites for hydroxylation is 1. The number of aliphatic hydroxyl groups is 1. The Hall–Kier alpha value is -6.53. The Morgan fingerprint density at radius 2 is 1.45 bits per heavy atom. The zero-order valence-electron chi connectivity index (χ0n) is 60.2. The predicted octanol–water partition coefficient (Wildman–Crippen LogP) is 11.9. The van der Waals surface area contributed by atoms with Crippen LogP contribution in [-0.2, 0) is 40.8 Å². The molecule has 3 aliphatic heterocycles. The number of piperazine rings is 2. The molecule has 3 saturated carbocycles. The van der Waals surface area contributed by atoms with Crippen molar-refractivity contribution in [2.45, 2.75) is 182 Å². The van der Waals surface area contributed by atoms with Crippen LogP contribution in [-0.4, -0.2) is 191 Å². The maximum atomic E-state index is 14.6. The number of benzene rings is 4. The van der Waals surface area contributed by atoms with Gasteiger partial charge in [0.25, 0.3) is 25.8 Å². The predicted molar refractivity (Wildman–Crippen MR) is 396 cm³/mol. The number of nitrogens with one attached hydrogen (secondary N) is 4. The van der Waals surface area contributed by atoms with Gasteiger partial charge >= 0.3 is 5.51 Å². The number of allylic oxidation sites excluding steroid dienone is 1. The molecule has 4 aliphatic carbocycles. The summed E-state index contributed by atoms with van der Waals surface area (Å²) >= 11 is 2.98. The van der Waals surface area contributed by atoms with Crippen molar-refractivity contribution in [3.05, 3.63) is 131 Å². The van der Waals surface area contributed by atoms with Crippen molar-refractivity contribution in [1.29, 1.82) is 0 Å². The number of carbonyl (C=O) groups excluding carboxylic acids is 4. The number of rotatable bonds is 30. The average Bonchev–Trinajstić information content (AvgIpc) is 0.734. The van der Waals surface area contributed by atoms with Gasteiger partial charge in [-0.1, -0.05) is 101 Å². The number of alkyl halides is 5. The van der Waals surface area contributed by atoms with Gasteiger partial charge in [0.05, 0.1) is 32.8 Å². The van der Waals surface area contributed by atoms with E-state index in [0.29, 0.717) is 76.6 Å². The highest BCUT2D eigenvalue weighted by atomic mass is 32.2. The van der Waals surface area contributed by atoms with Gasteiger partial charge in [-0.15, -0.1) is 23.1 Å². The van der Waals surface area contributed by atoms with Gasteiger partial charge in [0.15, 0.2) is 0 Å². The van der Waals surface area contributed by atoms with Gasteiger partial charge in [-0.2, -0.15) is 13.2 Å². The SMILES string of the molecule is Cc1ncsc1-c1ccc(CNC(=O)[C@@H]2C[C@@H](O)CN2C(=O)[C@@H](NC(=O)CCCCCCN2CCN(CC[C@H](CSc3ccccc3)Nc3ccc(S(=O)(=O)NC(=O)c4ccc(N5CCN(CC6=C(C78CC(C(F)F)(C7)C8)CC(C)(C)CC6)CC5)cc4)cc3S(=O)(=O)C(F)(F)F)CC2)C(C)(C)C)cc1. The zero-order valence-corrected chi connectivity index (χ0v) is 63.5. The molecule has 28 heteroatoms. The van der Waals surface area contributed by atoms with E-state index < -0.39 is 94.1 Å². The number of hydrogen-bond acceptors (Lipinski definition) is 17. The molecule has 0 radical (unpaired) electrons. The summed E-state index contributed by atoms with van der Waals surface area (Å²) in [7, 11) is -11.1. The topological polar surface area (TPSA) is 234 Å². The van der Waals surface area contributed by atoms with Crippen LogP contribution >= 0.6 is 23.1 Å². The Balaban J connectivity index is 0.632. The van der Waals surface area contributed by atoms with Gasteiger partial charge in [0, 0.05) is 125 Å². The number of carbonyl (C=O) groups is 4. The molecule has 2 bridgehead atoms. The molecule has 6 fully saturated rings. The lowest BCUT2D eigenvalue weighted by molar-refractivity contribution is -0.250. The highest BCUT2D eigenvalue weighted by molar-refractivity contribution is 7.99. The van der Waals surface area contributed by atoms with Crippen LogP contribution in [0.2, 0.25) is 0 Å². The number of unbranched alkanes of at least 4 members (excludes halogenated alkanes) is 3. The maximum absolute atomic E-state index is 14.6. The van der Waals surface area contributed by atoms with Crippen molar-refractivity contribution < 1.29 is 63.1 Å². The number of sulfone groups is 1. The largest absolute Gasteiger partial charge is 0.501 e. The second-order valence-corrected chi connectivity index (χ2v) is 36.8. The van der Waals surface area contributed by atoms with Crippen LogP contribution in [0.1, 0.15) is 140 Å². The monoisotopic (exact) mass is 1520 g/mol. The number of amides is 4. The first-order chi connectivity index (χ1) is 49.2. The average molecular weight is 1520 g/mol. The van der Waals surface area contributed by atoms with E-state index in [1.165, 1.54) is 39.9 Å². The van der Waals surface area contributed by atoms with E-state index in [0.717, 1.165) is 122 Å². The Kier molecular flexibility index (Phi) is 24.5. The van der Waals surface area contributed by atoms with Crippen LogP contribution in [0.3, 0.4) is 0 Å². The number of β-amino-alcohol motifs (C(OH)–C–C–N with tert-alkyl or cyclic N) is 1. The third-order valence-electron chi connectivity index (χ3n) is 21.9. The molecule has 12 rings (SSSR count). The van der Waals surface area contributed by atoms with Gasteiger partial charge in [-0.3, -0.25) is 24.1 Å². The Labute approximate surface area is 616 Å². The first-order valence-electron chi connectivity index (χ1n) is 36.2. The van der Waals surface area contributed by atoms with Crippen LogP contribution in [0.5, 0.6) is 0 Å². The van der Waals surface area contributed by atoms with Crippen molar-refractivity contribution in [3.8, 4) is 10.4 Å². The fraction of sp³-hybridized carbons (Fsp3) is 0.566. The minimum Gasteiger partial charge on any atom is -0.391 e. The summed E-state index contributed by atoms with van der Waals surface area (Å²) < 4.78 is 128. The van der Waals surface area contributed by atoms with E-state index in [2.05, 4.69) is 54.4 Å². The van der Waals surface area contributed by atoms with Gasteiger partial charge in [-0.05, 0) is 153 Å². The number of aliphatic hydroxyl groups excluding tert-OH is 1. The third-order valence-corrected chi connectivity index (χ3v) is 26.9. The molecule has 1 aromatic heterocycles. The van der Waals surface area contributed by atoms with Crippen molar-refractivity contribution in [2.24, 2.45) is 21.7 Å². The summed E-state index contributed by atoms with van der Waals surface area (Å²) in [5.74, 6) is -1.84. The molecule has 5 N–H and O–H groups in total. The number of anilines is 2. The fourth-order valence-electron chi connectivity index (χ4n) is 15.8. The number of thioether (sulfide) groups is 1. The maximum Gasteiger partial charge on any atom is 0.501 e. The number of thiazole rings is 1. The molecule has 7 aliphatic rings. The number of likely N-dealkylation sites (tertiary alicyclic amines) is 1. The molecular weight excluding hydrogens is 1420 g/mol. The molecule has 4 atom stereocenters. The molecule has 4 aromatic carbocycles. The number of nitrogens with zero attached hydrogens (tertiary/aromatic N) is 6. The highest BCUT2D eigenvalue weighted by Gasteiger charge is 2.73. The van der Waals surface area contributed by atoms with Crippen LogP contribution in [0.4, 0.5) is 33.3 Å². The quantitative estimate of drug-likeness (QED) is 0.0124. The van der Waals surface area contributed by atoms with E-state index >= 15 is 0 Å². The molecule has 19 nitrogen and oxygen atoms in total. The molecule has 5 aromatic rings. The highest BCUT2D eigenvalue weighted by Crippen LogP contribution is 2.79. The summed E-state index contributed by atoms with van der Waals surface area (Å²) in [6.07, 6.45) is 5.33. The summed E-state index contributed by atoms with van der Waals surface area (Å²) in [5.41, 5.74) is 0.518. The number of hydrogen-bond donors (Lipinski definition) is 5. The normalized spacial score (nSPS) is 22.5. The second kappa shape index (κ2) is 32.5. The van der Waals surface area contributed by atoms with Crippen LogP contribution in [0.15, 0.2) is 128 Å². The summed E-state index contributed by atoms with van der Waals surface area (Å²) in [6.45, 7) is 20.1. The molecule has 566 valence electrons. The first-order valence-corrected chi connectivity index (χ1v) is 41.1. The van der Waals surface area contributed by atoms with Gasteiger partial charge in [-0.25, -0.2) is 35.3 Å². The summed E-state index contributed by atoms with van der Waals surface area (Å²) in [6, 6.07) is 23.4. The molecular formula is C76H99F5N10O9S4. The lowest BCUT2D eigenvalue weighted by Crippen LogP contribution is -2.66. The van der Waals surface area contributed by atoms with E-state index in [1.807, 2.05) is 87.0 Å². The first kappa shape index (κ1) is 78.5. The number of halogens is 5. The summed E-state index contributed by atoms with van der Waals surface area (Å²) in [5, 5.41) is 19.6. The molecule has 4 heterocycles. The summed E-state index contributed by atoms with van der Waals surface area (Å²) in [4.78, 5) is 69.5. The third kappa shape index (κ3) is 18.7. The Morgan fingerprint density at radius 3 is 2.09 bits per heavy atom.